The van der Waals surface area contributed by atoms with E-state index in [1.807, 2.05) is 23.2 Å². The topological polar surface area (TPSA) is 72.0 Å². The maximum atomic E-state index is 12.4. The lowest BCUT2D eigenvalue weighted by Crippen LogP contribution is -2.48. The minimum absolute atomic E-state index is 0.144. The quantitative estimate of drug-likeness (QED) is 0.577. The standard InChI is InChI=1S/C24H29N3O4/c1-30-12-11-27(22-3-2-10-25-14-22)21-7-5-19(6-8-21)20-15-26(16-20)23(28)9-4-18-13-24(29)31-17-18/h2-3,5-8,10,14,18,20H,4,9,11-13,15-17H2,1H3/t18-/m0/s1. The van der Waals surface area contributed by atoms with Crippen LogP contribution in [0.25, 0.3) is 0 Å². The van der Waals surface area contributed by atoms with Gasteiger partial charge in [-0.05, 0) is 36.2 Å². The minimum atomic E-state index is -0.144. The molecule has 7 nitrogen and oxygen atoms in total. The predicted octanol–water partition coefficient (Wildman–Crippen LogP) is 3.14. The monoisotopic (exact) mass is 423 g/mol. The summed E-state index contributed by atoms with van der Waals surface area (Å²) in [6.07, 6.45) is 5.29. The zero-order chi connectivity index (χ0) is 21.6. The highest BCUT2D eigenvalue weighted by Crippen LogP contribution is 2.31. The first-order chi connectivity index (χ1) is 15.1. The number of aromatic nitrogens is 1. The zero-order valence-corrected chi connectivity index (χ0v) is 17.9. The van der Waals surface area contributed by atoms with Crippen molar-refractivity contribution in [1.82, 2.24) is 9.88 Å². The lowest BCUT2D eigenvalue weighted by atomic mass is 9.90. The summed E-state index contributed by atoms with van der Waals surface area (Å²) in [7, 11) is 1.70. The highest BCUT2D eigenvalue weighted by atomic mass is 16.5. The number of benzene rings is 1. The molecule has 2 saturated heterocycles. The van der Waals surface area contributed by atoms with E-state index in [1.54, 1.807) is 13.3 Å². The molecule has 0 bridgehead atoms. The van der Waals surface area contributed by atoms with Gasteiger partial charge in [-0.2, -0.15) is 0 Å². The van der Waals surface area contributed by atoms with Gasteiger partial charge in [-0.15, -0.1) is 0 Å². The fourth-order valence-corrected chi connectivity index (χ4v) is 4.16. The first-order valence-electron chi connectivity index (χ1n) is 10.8. The van der Waals surface area contributed by atoms with E-state index in [9.17, 15) is 9.59 Å². The number of ether oxygens (including phenoxy) is 2. The molecule has 31 heavy (non-hydrogen) atoms. The van der Waals surface area contributed by atoms with E-state index in [0.717, 1.165) is 37.4 Å². The van der Waals surface area contributed by atoms with Crippen molar-refractivity contribution in [3.8, 4) is 0 Å². The second-order valence-electron chi connectivity index (χ2n) is 8.23. The van der Waals surface area contributed by atoms with Crippen LogP contribution in [0.4, 0.5) is 11.4 Å². The molecule has 0 spiro atoms. The van der Waals surface area contributed by atoms with Crippen molar-refractivity contribution >= 4 is 23.3 Å². The molecule has 2 fully saturated rings. The molecule has 0 N–H and O–H groups in total. The number of cyclic esters (lactones) is 1. The molecule has 7 heteroatoms. The SMILES string of the molecule is COCCN(c1ccc(C2CN(C(=O)CC[C@@H]3COC(=O)C3)C2)cc1)c1cccnc1. The van der Waals surface area contributed by atoms with Crippen LogP contribution >= 0.6 is 0 Å². The Balaban J connectivity index is 1.30. The lowest BCUT2D eigenvalue weighted by Gasteiger charge is -2.40. The highest BCUT2D eigenvalue weighted by Gasteiger charge is 2.32. The van der Waals surface area contributed by atoms with Gasteiger partial charge in [0.1, 0.15) is 0 Å². The Morgan fingerprint density at radius 3 is 2.68 bits per heavy atom. The number of amides is 1. The normalized spacial score (nSPS) is 18.5. The van der Waals surface area contributed by atoms with Crippen LogP contribution in [0, 0.1) is 5.92 Å². The van der Waals surface area contributed by atoms with Crippen LogP contribution < -0.4 is 4.90 Å². The predicted molar refractivity (Wildman–Crippen MR) is 117 cm³/mol. The molecule has 1 amide bonds. The molecule has 1 aromatic carbocycles. The summed E-state index contributed by atoms with van der Waals surface area (Å²) in [6.45, 7) is 3.34. The van der Waals surface area contributed by atoms with E-state index in [0.29, 0.717) is 32.0 Å². The smallest absolute Gasteiger partial charge is 0.306 e. The molecule has 0 unspecified atom stereocenters. The van der Waals surface area contributed by atoms with Crippen LogP contribution in [0.1, 0.15) is 30.7 Å². The van der Waals surface area contributed by atoms with Gasteiger partial charge in [0.25, 0.3) is 0 Å². The molecule has 0 aliphatic carbocycles. The molecule has 1 aromatic heterocycles. The molecule has 0 saturated carbocycles. The van der Waals surface area contributed by atoms with Crippen molar-refractivity contribution in [3.63, 3.8) is 0 Å². The fraction of sp³-hybridized carbons (Fsp3) is 0.458. The Morgan fingerprint density at radius 1 is 1.23 bits per heavy atom. The Hall–Kier alpha value is -2.93. The molecule has 1 atom stereocenters. The maximum Gasteiger partial charge on any atom is 0.306 e. The van der Waals surface area contributed by atoms with Crippen LogP contribution in [0.2, 0.25) is 0 Å². The van der Waals surface area contributed by atoms with Crippen LogP contribution in [0.3, 0.4) is 0 Å². The summed E-state index contributed by atoms with van der Waals surface area (Å²) in [4.78, 5) is 31.9. The second-order valence-corrected chi connectivity index (χ2v) is 8.23. The third kappa shape index (κ3) is 5.22. The molecule has 0 radical (unpaired) electrons. The van der Waals surface area contributed by atoms with E-state index < -0.39 is 0 Å². The Bertz CT molecular complexity index is 881. The summed E-state index contributed by atoms with van der Waals surface area (Å²) >= 11 is 0. The molecule has 2 aromatic rings. The van der Waals surface area contributed by atoms with Gasteiger partial charge in [0, 0.05) is 56.9 Å². The molecular weight excluding hydrogens is 394 g/mol. The van der Waals surface area contributed by atoms with Crippen molar-refractivity contribution in [2.75, 3.05) is 44.9 Å². The summed E-state index contributed by atoms with van der Waals surface area (Å²) in [5.74, 6) is 0.603. The summed E-state index contributed by atoms with van der Waals surface area (Å²) in [5.41, 5.74) is 3.37. The van der Waals surface area contributed by atoms with Gasteiger partial charge in [0.05, 0.1) is 31.5 Å². The van der Waals surface area contributed by atoms with Crippen molar-refractivity contribution in [2.45, 2.75) is 25.2 Å². The number of rotatable bonds is 9. The molecular formula is C24H29N3O4. The van der Waals surface area contributed by atoms with Gasteiger partial charge in [-0.3, -0.25) is 14.6 Å². The van der Waals surface area contributed by atoms with Crippen LogP contribution in [0.15, 0.2) is 48.8 Å². The van der Waals surface area contributed by atoms with E-state index in [1.165, 1.54) is 5.56 Å². The number of anilines is 2. The lowest BCUT2D eigenvalue weighted by molar-refractivity contribution is -0.138. The second kappa shape index (κ2) is 9.92. The van der Waals surface area contributed by atoms with Crippen molar-refractivity contribution in [1.29, 1.82) is 0 Å². The molecule has 164 valence electrons. The van der Waals surface area contributed by atoms with E-state index in [-0.39, 0.29) is 17.8 Å². The fourth-order valence-electron chi connectivity index (χ4n) is 4.16. The summed E-state index contributed by atoms with van der Waals surface area (Å²) in [5, 5.41) is 0. The third-order valence-electron chi connectivity index (χ3n) is 6.09. The number of carbonyl (C=O) groups is 2. The van der Waals surface area contributed by atoms with Crippen LogP contribution in [-0.4, -0.2) is 61.7 Å². The first-order valence-corrected chi connectivity index (χ1v) is 10.8. The van der Waals surface area contributed by atoms with Gasteiger partial charge >= 0.3 is 5.97 Å². The minimum Gasteiger partial charge on any atom is -0.465 e. The molecule has 2 aliphatic rings. The number of methoxy groups -OCH3 is 1. The average Bonchev–Trinajstić information content (AvgIpc) is 3.18. The Kier molecular flexibility index (Phi) is 6.82. The third-order valence-corrected chi connectivity index (χ3v) is 6.09. The number of likely N-dealkylation sites (tertiary alicyclic amines) is 1. The van der Waals surface area contributed by atoms with Crippen LogP contribution in [-0.2, 0) is 19.1 Å². The van der Waals surface area contributed by atoms with Gasteiger partial charge in [-0.1, -0.05) is 12.1 Å². The van der Waals surface area contributed by atoms with Gasteiger partial charge in [-0.25, -0.2) is 0 Å². The van der Waals surface area contributed by atoms with Crippen LogP contribution in [0.5, 0.6) is 0 Å². The van der Waals surface area contributed by atoms with Crippen molar-refractivity contribution in [2.24, 2.45) is 5.92 Å². The van der Waals surface area contributed by atoms with Gasteiger partial charge in [0.2, 0.25) is 5.91 Å². The summed E-state index contributed by atoms with van der Waals surface area (Å²) < 4.78 is 10.2. The number of pyridine rings is 1. The first kappa shape index (κ1) is 21.3. The average molecular weight is 424 g/mol. The molecule has 4 rings (SSSR count). The Labute approximate surface area is 183 Å². The van der Waals surface area contributed by atoms with E-state index >= 15 is 0 Å². The summed E-state index contributed by atoms with van der Waals surface area (Å²) in [6, 6.07) is 12.5. The number of nitrogens with zero attached hydrogens (tertiary/aromatic N) is 3. The molecule has 2 aliphatic heterocycles. The van der Waals surface area contributed by atoms with E-state index in [2.05, 4.69) is 34.1 Å². The van der Waals surface area contributed by atoms with Crippen molar-refractivity contribution in [3.05, 3.63) is 54.4 Å². The zero-order valence-electron chi connectivity index (χ0n) is 17.9. The van der Waals surface area contributed by atoms with Gasteiger partial charge in [0.15, 0.2) is 0 Å². The van der Waals surface area contributed by atoms with Gasteiger partial charge < -0.3 is 19.3 Å². The highest BCUT2D eigenvalue weighted by molar-refractivity contribution is 5.77. The van der Waals surface area contributed by atoms with Crippen molar-refractivity contribution < 1.29 is 19.1 Å². The van der Waals surface area contributed by atoms with E-state index in [4.69, 9.17) is 9.47 Å². The number of hydrogen-bond acceptors (Lipinski definition) is 6. The number of carbonyl (C=O) groups excluding carboxylic acids is 2. The number of esters is 1. The number of hydrogen-bond donors (Lipinski definition) is 0. The molecule has 3 heterocycles. The maximum absolute atomic E-state index is 12.4. The largest absolute Gasteiger partial charge is 0.465 e. The Morgan fingerprint density at radius 2 is 2.03 bits per heavy atom.